The van der Waals surface area contributed by atoms with Crippen LogP contribution in [0.3, 0.4) is 0 Å². The number of hydrogen-bond donors (Lipinski definition) is 0. The number of carbonyl (C=O) groups is 1. The highest BCUT2D eigenvalue weighted by molar-refractivity contribution is 9.09. The summed E-state index contributed by atoms with van der Waals surface area (Å²) in [6.45, 7) is 0.414. The number of benzene rings is 1. The maximum Gasteiger partial charge on any atom is 0.337 e. The van der Waals surface area contributed by atoms with E-state index in [1.165, 1.54) is 7.11 Å². The van der Waals surface area contributed by atoms with Gasteiger partial charge in [-0.15, -0.1) is 0 Å². The van der Waals surface area contributed by atoms with Gasteiger partial charge in [-0.05, 0) is 34.1 Å². The topological polar surface area (TPSA) is 44.8 Å². The monoisotopic (exact) mass is 272 g/mol. The largest absolute Gasteiger partial charge is 0.485 e. The summed E-state index contributed by atoms with van der Waals surface area (Å²) in [4.78, 5) is 11.2. The molecule has 2 rings (SSSR count). The first kappa shape index (κ1) is 10.3. The van der Waals surface area contributed by atoms with E-state index < -0.39 is 0 Å². The molecule has 0 aromatic heterocycles. The molecule has 80 valence electrons. The molecule has 1 aromatic carbocycles. The van der Waals surface area contributed by atoms with Crippen LogP contribution in [-0.2, 0) is 4.74 Å². The summed E-state index contributed by atoms with van der Waals surface area (Å²) < 4.78 is 15.4. The van der Waals surface area contributed by atoms with Crippen LogP contribution in [0.4, 0.5) is 0 Å². The van der Waals surface area contributed by atoms with Gasteiger partial charge in [-0.2, -0.15) is 0 Å². The Bertz CT molecular complexity index is 391. The molecule has 1 atom stereocenters. The number of methoxy groups -OCH3 is 1. The number of halogens is 1. The summed E-state index contributed by atoms with van der Waals surface area (Å²) in [6.07, 6.45) is 0. The molecule has 1 aliphatic rings. The van der Waals surface area contributed by atoms with Crippen LogP contribution in [0.15, 0.2) is 18.2 Å². The number of rotatable bonds is 1. The van der Waals surface area contributed by atoms with Crippen molar-refractivity contribution in [1.29, 1.82) is 0 Å². The molecule has 1 heterocycles. The predicted octanol–water partition coefficient (Wildman–Crippen LogP) is 1.97. The van der Waals surface area contributed by atoms with Crippen molar-refractivity contribution in [3.63, 3.8) is 0 Å². The van der Waals surface area contributed by atoms with Crippen LogP contribution < -0.4 is 9.47 Å². The van der Waals surface area contributed by atoms with Crippen molar-refractivity contribution in [3.05, 3.63) is 23.8 Å². The maximum atomic E-state index is 11.2. The zero-order valence-electron chi connectivity index (χ0n) is 8.03. The van der Waals surface area contributed by atoms with Crippen LogP contribution in [-0.4, -0.2) is 24.7 Å². The lowest BCUT2D eigenvalue weighted by Crippen LogP contribution is -2.23. The number of ether oxygens (including phenoxy) is 3. The van der Waals surface area contributed by atoms with E-state index in [-0.39, 0.29) is 11.0 Å². The highest BCUT2D eigenvalue weighted by Gasteiger charge is 2.19. The molecule has 0 aliphatic carbocycles. The normalized spacial score (nSPS) is 18.4. The van der Waals surface area contributed by atoms with Gasteiger partial charge < -0.3 is 14.2 Å². The van der Waals surface area contributed by atoms with E-state index in [4.69, 9.17) is 9.47 Å². The maximum absolute atomic E-state index is 11.2. The van der Waals surface area contributed by atoms with Gasteiger partial charge in [0.25, 0.3) is 0 Å². The number of alkyl halides is 1. The lowest BCUT2D eigenvalue weighted by atomic mass is 10.2. The lowest BCUT2D eigenvalue weighted by Gasteiger charge is -2.22. The zero-order valence-corrected chi connectivity index (χ0v) is 9.61. The minimum Gasteiger partial charge on any atom is -0.485 e. The summed E-state index contributed by atoms with van der Waals surface area (Å²) in [6, 6.07) is 4.94. The van der Waals surface area contributed by atoms with Gasteiger partial charge in [0, 0.05) is 0 Å². The third-order valence-electron chi connectivity index (χ3n) is 1.99. The van der Waals surface area contributed by atoms with E-state index >= 15 is 0 Å². The average molecular weight is 273 g/mol. The third-order valence-corrected chi connectivity index (χ3v) is 2.44. The van der Waals surface area contributed by atoms with Crippen LogP contribution in [0.2, 0.25) is 0 Å². The fourth-order valence-corrected chi connectivity index (χ4v) is 1.62. The van der Waals surface area contributed by atoms with Crippen molar-refractivity contribution in [1.82, 2.24) is 0 Å². The van der Waals surface area contributed by atoms with Crippen molar-refractivity contribution in [3.8, 4) is 11.5 Å². The highest BCUT2D eigenvalue weighted by Crippen LogP contribution is 2.33. The van der Waals surface area contributed by atoms with Crippen LogP contribution in [0, 0.1) is 0 Å². The molecule has 1 aliphatic heterocycles. The number of fused-ring (bicyclic) bond motifs is 1. The number of hydrogen-bond acceptors (Lipinski definition) is 4. The predicted molar refractivity (Wildman–Crippen MR) is 56.6 cm³/mol. The molecular weight excluding hydrogens is 264 g/mol. The van der Waals surface area contributed by atoms with Crippen LogP contribution in [0.1, 0.15) is 10.4 Å². The Morgan fingerprint density at radius 2 is 2.33 bits per heavy atom. The Kier molecular flexibility index (Phi) is 2.81. The number of esters is 1. The lowest BCUT2D eigenvalue weighted by molar-refractivity contribution is 0.0599. The van der Waals surface area contributed by atoms with Gasteiger partial charge in [-0.3, -0.25) is 0 Å². The summed E-state index contributed by atoms with van der Waals surface area (Å²) in [5, 5.41) is -0.144. The first-order valence-electron chi connectivity index (χ1n) is 4.36. The van der Waals surface area contributed by atoms with Crippen molar-refractivity contribution in [2.45, 2.75) is 5.01 Å². The summed E-state index contributed by atoms with van der Waals surface area (Å²) in [5.41, 5.74) is 0.452. The molecule has 0 amide bonds. The summed E-state index contributed by atoms with van der Waals surface area (Å²) in [7, 11) is 1.34. The summed E-state index contributed by atoms with van der Waals surface area (Å²) in [5.74, 6) is 0.798. The average Bonchev–Trinajstić information content (AvgIpc) is 2.27. The minimum atomic E-state index is -0.387. The smallest absolute Gasteiger partial charge is 0.337 e. The third kappa shape index (κ3) is 2.07. The van der Waals surface area contributed by atoms with Gasteiger partial charge in [0.1, 0.15) is 6.61 Å². The quantitative estimate of drug-likeness (QED) is 0.579. The minimum absolute atomic E-state index is 0.144. The molecule has 5 heteroatoms. The van der Waals surface area contributed by atoms with Gasteiger partial charge in [0.05, 0.1) is 12.7 Å². The molecule has 4 nitrogen and oxygen atoms in total. The van der Waals surface area contributed by atoms with Crippen LogP contribution in [0.25, 0.3) is 0 Å². The highest BCUT2D eigenvalue weighted by atomic mass is 79.9. The van der Waals surface area contributed by atoms with E-state index in [2.05, 4.69) is 20.7 Å². The molecule has 0 fully saturated rings. The van der Waals surface area contributed by atoms with Crippen LogP contribution >= 0.6 is 15.9 Å². The molecule has 1 aromatic rings. The molecule has 0 spiro atoms. The fourth-order valence-electron chi connectivity index (χ4n) is 1.29. The Morgan fingerprint density at radius 1 is 1.53 bits per heavy atom. The van der Waals surface area contributed by atoms with Crippen molar-refractivity contribution in [2.75, 3.05) is 13.7 Å². The molecular formula is C10H9BrO4. The van der Waals surface area contributed by atoms with E-state index in [1.54, 1.807) is 18.2 Å². The Balaban J connectivity index is 2.30. The van der Waals surface area contributed by atoms with Crippen LogP contribution in [0.5, 0.6) is 11.5 Å². The molecule has 15 heavy (non-hydrogen) atoms. The Morgan fingerprint density at radius 3 is 3.07 bits per heavy atom. The SMILES string of the molecule is COC(=O)c1ccc2c(c1)OCC(Br)O2. The van der Waals surface area contributed by atoms with Gasteiger partial charge in [-0.25, -0.2) is 4.79 Å². The van der Waals surface area contributed by atoms with E-state index in [9.17, 15) is 4.79 Å². The molecule has 0 saturated carbocycles. The molecule has 0 saturated heterocycles. The second kappa shape index (κ2) is 4.10. The van der Waals surface area contributed by atoms with E-state index in [0.29, 0.717) is 23.7 Å². The first-order chi connectivity index (χ1) is 7.20. The molecule has 0 bridgehead atoms. The second-order valence-electron chi connectivity index (χ2n) is 2.99. The summed E-state index contributed by atoms with van der Waals surface area (Å²) >= 11 is 3.28. The first-order valence-corrected chi connectivity index (χ1v) is 5.28. The standard InChI is InChI=1S/C10H9BrO4/c1-13-10(12)6-2-3-7-8(4-6)14-5-9(11)15-7/h2-4,9H,5H2,1H3. The molecule has 1 unspecified atom stereocenters. The van der Waals surface area contributed by atoms with E-state index in [0.717, 1.165) is 0 Å². The number of carbonyl (C=O) groups excluding carboxylic acids is 1. The Hall–Kier alpha value is -1.23. The van der Waals surface area contributed by atoms with Crippen molar-refractivity contribution in [2.24, 2.45) is 0 Å². The fraction of sp³-hybridized carbons (Fsp3) is 0.300. The van der Waals surface area contributed by atoms with Crippen molar-refractivity contribution >= 4 is 21.9 Å². The second-order valence-corrected chi connectivity index (χ2v) is 4.01. The molecule has 0 radical (unpaired) electrons. The zero-order chi connectivity index (χ0) is 10.8. The van der Waals surface area contributed by atoms with Gasteiger partial charge in [-0.1, -0.05) is 0 Å². The molecule has 0 N–H and O–H groups in total. The van der Waals surface area contributed by atoms with Gasteiger partial charge in [0.15, 0.2) is 16.5 Å². The van der Waals surface area contributed by atoms with Crippen molar-refractivity contribution < 1.29 is 19.0 Å². The Labute approximate surface area is 95.3 Å². The van der Waals surface area contributed by atoms with Gasteiger partial charge in [0.2, 0.25) is 0 Å². The van der Waals surface area contributed by atoms with Gasteiger partial charge >= 0.3 is 5.97 Å². The van der Waals surface area contributed by atoms with E-state index in [1.807, 2.05) is 0 Å².